The van der Waals surface area contributed by atoms with E-state index >= 15 is 0 Å². The second kappa shape index (κ2) is 2.49. The second-order valence-electron chi connectivity index (χ2n) is 2.66. The molecule has 0 saturated carbocycles. The molecule has 0 radical (unpaired) electrons. The second-order valence-corrected chi connectivity index (χ2v) is 2.66. The Morgan fingerprint density at radius 2 is 1.50 bits per heavy atom. The molecule has 0 aromatic heterocycles. The minimum Gasteiger partial charge on any atom is -0.327 e. The van der Waals surface area contributed by atoms with Gasteiger partial charge in [-0.05, 0) is 0 Å². The molecular weight excluding hydrogens is 132 g/mol. The standard InChI is InChI=1S/C6H10O3.CH4/c1-6-7-2-5(3-8-6)4-9-6;/h5H,2-4H2,1H3;1H4. The van der Waals surface area contributed by atoms with Crippen molar-refractivity contribution < 1.29 is 14.2 Å². The van der Waals surface area contributed by atoms with Crippen LogP contribution < -0.4 is 0 Å². The lowest BCUT2D eigenvalue weighted by Gasteiger charge is -2.42. The predicted octanol–water partition coefficient (Wildman–Crippen LogP) is 0.989. The highest BCUT2D eigenvalue weighted by atomic mass is 16.9. The molecule has 3 nitrogen and oxygen atoms in total. The molecule has 3 fully saturated rings. The first-order valence-corrected chi connectivity index (χ1v) is 3.20. The third-order valence-electron chi connectivity index (χ3n) is 1.74. The van der Waals surface area contributed by atoms with Crippen LogP contribution in [0.3, 0.4) is 0 Å². The molecule has 3 aliphatic rings. The van der Waals surface area contributed by atoms with Crippen LogP contribution in [0.4, 0.5) is 0 Å². The fourth-order valence-electron chi connectivity index (χ4n) is 1.08. The van der Waals surface area contributed by atoms with Crippen molar-refractivity contribution in [3.05, 3.63) is 0 Å². The van der Waals surface area contributed by atoms with Gasteiger partial charge in [0.2, 0.25) is 0 Å². The Balaban J connectivity index is 0.000000500. The summed E-state index contributed by atoms with van der Waals surface area (Å²) in [5.74, 6) is -0.249. The molecule has 3 heterocycles. The number of ether oxygens (including phenoxy) is 3. The minimum absolute atomic E-state index is 0. The summed E-state index contributed by atoms with van der Waals surface area (Å²) in [4.78, 5) is 0. The number of hydrogen-bond donors (Lipinski definition) is 0. The third kappa shape index (κ3) is 1.17. The molecule has 2 bridgehead atoms. The average molecular weight is 146 g/mol. The molecule has 3 aliphatic heterocycles. The lowest BCUT2D eigenvalue weighted by molar-refractivity contribution is -0.438. The van der Waals surface area contributed by atoms with E-state index in [0.717, 1.165) is 19.8 Å². The van der Waals surface area contributed by atoms with Gasteiger partial charge in [-0.25, -0.2) is 0 Å². The van der Waals surface area contributed by atoms with Gasteiger partial charge in [0.1, 0.15) is 0 Å². The highest BCUT2D eigenvalue weighted by Gasteiger charge is 2.40. The molecule has 0 aromatic carbocycles. The summed E-state index contributed by atoms with van der Waals surface area (Å²) >= 11 is 0. The van der Waals surface area contributed by atoms with Gasteiger partial charge in [0, 0.05) is 12.8 Å². The maximum atomic E-state index is 5.22. The van der Waals surface area contributed by atoms with Crippen LogP contribution in [0.25, 0.3) is 0 Å². The van der Waals surface area contributed by atoms with E-state index in [0.29, 0.717) is 5.92 Å². The molecular formula is C7H14O3. The number of rotatable bonds is 0. The molecule has 3 saturated heterocycles. The quantitative estimate of drug-likeness (QED) is 0.510. The van der Waals surface area contributed by atoms with Gasteiger partial charge in [-0.1, -0.05) is 7.43 Å². The van der Waals surface area contributed by atoms with Crippen molar-refractivity contribution in [2.75, 3.05) is 19.8 Å². The summed E-state index contributed by atoms with van der Waals surface area (Å²) in [6.07, 6.45) is 0. The Morgan fingerprint density at radius 3 is 1.70 bits per heavy atom. The highest BCUT2D eigenvalue weighted by Crippen LogP contribution is 2.28. The van der Waals surface area contributed by atoms with Gasteiger partial charge < -0.3 is 14.2 Å². The highest BCUT2D eigenvalue weighted by molar-refractivity contribution is 4.70. The van der Waals surface area contributed by atoms with Gasteiger partial charge in [-0.2, -0.15) is 0 Å². The Labute approximate surface area is 61.3 Å². The van der Waals surface area contributed by atoms with Crippen molar-refractivity contribution in [2.45, 2.75) is 20.3 Å². The normalized spacial score (nSPS) is 44.7. The summed E-state index contributed by atoms with van der Waals surface area (Å²) < 4.78 is 15.7. The largest absolute Gasteiger partial charge is 0.327 e. The van der Waals surface area contributed by atoms with Crippen LogP contribution in [0.1, 0.15) is 14.4 Å². The maximum Gasteiger partial charge on any atom is 0.279 e. The van der Waals surface area contributed by atoms with Gasteiger partial charge >= 0.3 is 0 Å². The molecule has 10 heavy (non-hydrogen) atoms. The summed E-state index contributed by atoms with van der Waals surface area (Å²) in [5.41, 5.74) is 0. The van der Waals surface area contributed by atoms with E-state index in [1.165, 1.54) is 0 Å². The van der Waals surface area contributed by atoms with Gasteiger partial charge in [0.05, 0.1) is 19.8 Å². The van der Waals surface area contributed by atoms with Crippen molar-refractivity contribution in [1.82, 2.24) is 0 Å². The summed E-state index contributed by atoms with van der Waals surface area (Å²) in [6.45, 7) is 4.17. The molecule has 3 heteroatoms. The van der Waals surface area contributed by atoms with Crippen molar-refractivity contribution in [3.8, 4) is 0 Å². The molecule has 0 N–H and O–H groups in total. The Hall–Kier alpha value is -0.120. The van der Waals surface area contributed by atoms with Crippen LogP contribution in [0, 0.1) is 5.92 Å². The first kappa shape index (κ1) is 7.98. The van der Waals surface area contributed by atoms with Crippen molar-refractivity contribution >= 4 is 0 Å². The minimum atomic E-state index is -0.714. The zero-order valence-electron chi connectivity index (χ0n) is 5.42. The van der Waals surface area contributed by atoms with E-state index < -0.39 is 5.97 Å². The number of fused-ring (bicyclic) bond motifs is 3. The summed E-state index contributed by atoms with van der Waals surface area (Å²) in [6, 6.07) is 0. The zero-order valence-corrected chi connectivity index (χ0v) is 5.42. The SMILES string of the molecule is C.CC12OCC(CO1)CO2. The van der Waals surface area contributed by atoms with Crippen LogP contribution in [-0.2, 0) is 14.2 Å². The predicted molar refractivity (Wildman–Crippen MR) is 36.5 cm³/mol. The summed E-state index contributed by atoms with van der Waals surface area (Å²) in [7, 11) is 0. The van der Waals surface area contributed by atoms with E-state index in [2.05, 4.69) is 0 Å². The van der Waals surface area contributed by atoms with Crippen molar-refractivity contribution in [3.63, 3.8) is 0 Å². The number of hydrogen-bond acceptors (Lipinski definition) is 3. The Morgan fingerprint density at radius 1 is 1.10 bits per heavy atom. The van der Waals surface area contributed by atoms with E-state index in [4.69, 9.17) is 14.2 Å². The van der Waals surface area contributed by atoms with E-state index in [9.17, 15) is 0 Å². The average Bonchev–Trinajstić information content (AvgIpc) is 1.90. The first-order chi connectivity index (χ1) is 4.29. The smallest absolute Gasteiger partial charge is 0.279 e. The molecule has 0 aromatic rings. The first-order valence-electron chi connectivity index (χ1n) is 3.20. The van der Waals surface area contributed by atoms with Crippen LogP contribution in [0.2, 0.25) is 0 Å². The monoisotopic (exact) mass is 146 g/mol. The van der Waals surface area contributed by atoms with Gasteiger partial charge in [0.15, 0.2) is 0 Å². The van der Waals surface area contributed by atoms with E-state index in [1.54, 1.807) is 0 Å². The Bertz CT molecular complexity index is 102. The van der Waals surface area contributed by atoms with Gasteiger partial charge in [0.25, 0.3) is 5.97 Å². The fraction of sp³-hybridized carbons (Fsp3) is 1.00. The molecule has 0 spiro atoms. The zero-order chi connectivity index (χ0) is 6.32. The lowest BCUT2D eigenvalue weighted by Crippen LogP contribution is -2.51. The lowest BCUT2D eigenvalue weighted by atomic mass is 10.1. The van der Waals surface area contributed by atoms with Crippen LogP contribution in [-0.4, -0.2) is 25.8 Å². The molecule has 60 valence electrons. The van der Waals surface area contributed by atoms with E-state index in [-0.39, 0.29) is 7.43 Å². The van der Waals surface area contributed by atoms with Crippen molar-refractivity contribution in [2.24, 2.45) is 5.92 Å². The molecule has 0 aliphatic carbocycles. The van der Waals surface area contributed by atoms with Crippen molar-refractivity contribution in [1.29, 1.82) is 0 Å². The third-order valence-corrected chi connectivity index (χ3v) is 1.74. The molecule has 0 atom stereocenters. The summed E-state index contributed by atoms with van der Waals surface area (Å²) in [5, 5.41) is 0. The van der Waals surface area contributed by atoms with Gasteiger partial charge in [-0.3, -0.25) is 0 Å². The van der Waals surface area contributed by atoms with Crippen LogP contribution >= 0.6 is 0 Å². The maximum absolute atomic E-state index is 5.22. The molecule has 3 rings (SSSR count). The van der Waals surface area contributed by atoms with Crippen LogP contribution in [0.15, 0.2) is 0 Å². The van der Waals surface area contributed by atoms with E-state index in [1.807, 2.05) is 6.92 Å². The van der Waals surface area contributed by atoms with Crippen LogP contribution in [0.5, 0.6) is 0 Å². The molecule has 0 amide bonds. The topological polar surface area (TPSA) is 27.7 Å². The fourth-order valence-corrected chi connectivity index (χ4v) is 1.08. The molecule has 0 unspecified atom stereocenters. The van der Waals surface area contributed by atoms with Gasteiger partial charge in [-0.15, -0.1) is 0 Å². The Kier molecular flexibility index (Phi) is 1.99.